The van der Waals surface area contributed by atoms with Crippen LogP contribution in [0.2, 0.25) is 0 Å². The molecule has 0 fully saturated rings. The van der Waals surface area contributed by atoms with Crippen molar-refractivity contribution in [2.45, 2.75) is 0 Å². The van der Waals surface area contributed by atoms with Crippen molar-refractivity contribution in [1.29, 1.82) is 0 Å². The van der Waals surface area contributed by atoms with Crippen LogP contribution in [0.3, 0.4) is 0 Å². The molecule has 0 unspecified atom stereocenters. The summed E-state index contributed by atoms with van der Waals surface area (Å²) in [5.74, 6) is -0.307. The Morgan fingerprint density at radius 2 is 2.31 bits per heavy atom. The third-order valence-corrected chi connectivity index (χ3v) is 1.89. The van der Waals surface area contributed by atoms with Crippen LogP contribution >= 0.6 is 11.6 Å². The molecule has 0 aliphatic heterocycles. The van der Waals surface area contributed by atoms with E-state index in [1.165, 1.54) is 11.6 Å². The molecule has 84 valence electrons. The molecule has 1 N–H and O–H groups in total. The van der Waals surface area contributed by atoms with Gasteiger partial charge in [0.1, 0.15) is 12.4 Å². The highest BCUT2D eigenvalue weighted by Crippen LogP contribution is 2.14. The maximum absolute atomic E-state index is 10.3. The third-order valence-electron chi connectivity index (χ3n) is 1.71. The number of carboxylic acid groups (broad SMARTS) is 1. The summed E-state index contributed by atoms with van der Waals surface area (Å²) < 4.78 is 5.34. The van der Waals surface area contributed by atoms with E-state index < -0.39 is 5.97 Å². The average molecular weight is 239 g/mol. The summed E-state index contributed by atoms with van der Waals surface area (Å²) in [5.41, 5.74) is 2.16. The monoisotopic (exact) mass is 238 g/mol. The summed E-state index contributed by atoms with van der Waals surface area (Å²) in [4.78, 5) is 10.3. The first kappa shape index (κ1) is 12.3. The summed E-state index contributed by atoms with van der Waals surface area (Å²) in [5, 5.41) is 8.48. The van der Waals surface area contributed by atoms with Crippen molar-refractivity contribution in [2.24, 2.45) is 0 Å². The Labute approximate surface area is 98.6 Å². The summed E-state index contributed by atoms with van der Waals surface area (Å²) in [7, 11) is 0. The smallest absolute Gasteiger partial charge is 0.328 e. The van der Waals surface area contributed by atoms with Crippen LogP contribution in [0, 0.1) is 0 Å². The summed E-state index contributed by atoms with van der Waals surface area (Å²) >= 11 is 5.35. The van der Waals surface area contributed by atoms with Gasteiger partial charge in [0.05, 0.1) is 0 Å². The van der Waals surface area contributed by atoms with Gasteiger partial charge < -0.3 is 9.84 Å². The minimum Gasteiger partial charge on any atom is -0.489 e. The molecule has 1 aromatic rings. The van der Waals surface area contributed by atoms with Gasteiger partial charge in [-0.2, -0.15) is 0 Å². The Morgan fingerprint density at radius 1 is 1.50 bits per heavy atom. The number of carbonyl (C=O) groups is 1. The van der Waals surface area contributed by atoms with E-state index in [-0.39, 0.29) is 0 Å². The first-order chi connectivity index (χ1) is 7.72. The molecule has 16 heavy (non-hydrogen) atoms. The molecule has 0 amide bonds. The van der Waals surface area contributed by atoms with Gasteiger partial charge in [0.25, 0.3) is 0 Å². The van der Waals surface area contributed by atoms with Gasteiger partial charge >= 0.3 is 5.97 Å². The molecule has 0 atom stereocenters. The Hall–Kier alpha value is -1.74. The van der Waals surface area contributed by atoms with Crippen molar-refractivity contribution in [3.05, 3.63) is 47.5 Å². The van der Waals surface area contributed by atoms with Crippen molar-refractivity contribution in [2.75, 3.05) is 6.61 Å². The molecule has 0 heterocycles. The molecule has 0 saturated heterocycles. The van der Waals surface area contributed by atoms with Crippen LogP contribution in [0.25, 0.3) is 6.08 Å². The topological polar surface area (TPSA) is 46.5 Å². The summed E-state index contributed by atoms with van der Waals surface area (Å²) in [6.07, 6.45) is 4.26. The van der Waals surface area contributed by atoms with Crippen molar-refractivity contribution in [1.82, 2.24) is 0 Å². The Kier molecular flexibility index (Phi) is 5.16. The van der Waals surface area contributed by atoms with Crippen molar-refractivity contribution in [3.8, 4) is 5.75 Å². The number of hydrogen-bond acceptors (Lipinski definition) is 2. The van der Waals surface area contributed by atoms with E-state index in [0.29, 0.717) is 12.4 Å². The highest BCUT2D eigenvalue weighted by Gasteiger charge is 1.94. The zero-order chi connectivity index (χ0) is 11.8. The van der Waals surface area contributed by atoms with E-state index in [9.17, 15) is 4.79 Å². The second kappa shape index (κ2) is 6.69. The van der Waals surface area contributed by atoms with Gasteiger partial charge in [-0.15, -0.1) is 0 Å². The van der Waals surface area contributed by atoms with E-state index in [0.717, 1.165) is 11.6 Å². The molecule has 0 aliphatic carbocycles. The van der Waals surface area contributed by atoms with Gasteiger partial charge in [0.15, 0.2) is 0 Å². The van der Waals surface area contributed by atoms with Crippen LogP contribution in [0.1, 0.15) is 5.56 Å². The molecular formula is C12H11ClO3. The van der Waals surface area contributed by atoms with Crippen molar-refractivity contribution < 1.29 is 14.6 Å². The molecule has 3 nitrogen and oxygen atoms in total. The standard InChI is InChI=1S/C12H11ClO3/c13-7-2-8-16-11-4-1-3-10(9-11)5-6-12(14)15/h1-7,9H,8H2,(H,14,15)/b6-5+,7-2+. The SMILES string of the molecule is O=C(O)/C=C/c1cccc(OC/C=C/Cl)c1. The fourth-order valence-electron chi connectivity index (χ4n) is 1.06. The van der Waals surface area contributed by atoms with Gasteiger partial charge in [0, 0.05) is 11.6 Å². The molecule has 4 heteroatoms. The summed E-state index contributed by atoms with van der Waals surface area (Å²) in [6.45, 7) is 0.385. The fourth-order valence-corrected chi connectivity index (χ4v) is 1.13. The van der Waals surface area contributed by atoms with Crippen LogP contribution in [0.5, 0.6) is 5.75 Å². The van der Waals surface area contributed by atoms with E-state index in [4.69, 9.17) is 21.4 Å². The third kappa shape index (κ3) is 4.66. The second-order valence-corrected chi connectivity index (χ2v) is 3.17. The molecule has 0 radical (unpaired) electrons. The molecule has 1 rings (SSSR count). The lowest BCUT2D eigenvalue weighted by atomic mass is 10.2. The number of halogens is 1. The fraction of sp³-hybridized carbons (Fsp3) is 0.0833. The highest BCUT2D eigenvalue weighted by atomic mass is 35.5. The van der Waals surface area contributed by atoms with E-state index in [1.54, 1.807) is 30.3 Å². The number of hydrogen-bond donors (Lipinski definition) is 1. The lowest BCUT2D eigenvalue weighted by molar-refractivity contribution is -0.131. The van der Waals surface area contributed by atoms with E-state index in [1.807, 2.05) is 0 Å². The summed E-state index contributed by atoms with van der Waals surface area (Å²) in [6, 6.07) is 7.13. The zero-order valence-electron chi connectivity index (χ0n) is 8.47. The first-order valence-corrected chi connectivity index (χ1v) is 5.05. The van der Waals surface area contributed by atoms with Crippen molar-refractivity contribution >= 4 is 23.6 Å². The predicted octanol–water partition coefficient (Wildman–Crippen LogP) is 2.92. The molecule has 0 saturated carbocycles. The molecule has 0 spiro atoms. The predicted molar refractivity (Wildman–Crippen MR) is 63.6 cm³/mol. The normalized spacial score (nSPS) is 11.1. The maximum atomic E-state index is 10.3. The number of carboxylic acids is 1. The van der Waals surface area contributed by atoms with Gasteiger partial charge in [-0.3, -0.25) is 0 Å². The average Bonchev–Trinajstić information content (AvgIpc) is 2.27. The Bertz CT molecular complexity index is 410. The van der Waals surface area contributed by atoms with Crippen LogP contribution < -0.4 is 4.74 Å². The quantitative estimate of drug-likeness (QED) is 0.803. The molecule has 0 aromatic heterocycles. The van der Waals surface area contributed by atoms with Crippen LogP contribution in [-0.4, -0.2) is 17.7 Å². The number of benzene rings is 1. The lowest BCUT2D eigenvalue weighted by Gasteiger charge is -2.03. The second-order valence-electron chi connectivity index (χ2n) is 2.92. The number of aliphatic carboxylic acids is 1. The largest absolute Gasteiger partial charge is 0.489 e. The Balaban J connectivity index is 2.67. The maximum Gasteiger partial charge on any atom is 0.328 e. The Morgan fingerprint density at radius 3 is 3.00 bits per heavy atom. The van der Waals surface area contributed by atoms with Crippen LogP contribution in [0.15, 0.2) is 42.0 Å². The van der Waals surface area contributed by atoms with Gasteiger partial charge in [-0.05, 0) is 29.8 Å². The first-order valence-electron chi connectivity index (χ1n) is 4.61. The molecule has 1 aromatic carbocycles. The van der Waals surface area contributed by atoms with Crippen molar-refractivity contribution in [3.63, 3.8) is 0 Å². The number of ether oxygens (including phenoxy) is 1. The lowest BCUT2D eigenvalue weighted by Crippen LogP contribution is -1.93. The number of rotatable bonds is 5. The molecular weight excluding hydrogens is 228 g/mol. The van der Waals surface area contributed by atoms with Gasteiger partial charge in [-0.25, -0.2) is 4.79 Å². The van der Waals surface area contributed by atoms with E-state index >= 15 is 0 Å². The van der Waals surface area contributed by atoms with Crippen LogP contribution in [-0.2, 0) is 4.79 Å². The zero-order valence-corrected chi connectivity index (χ0v) is 9.22. The van der Waals surface area contributed by atoms with Gasteiger partial charge in [0.2, 0.25) is 0 Å². The van der Waals surface area contributed by atoms with Crippen LogP contribution in [0.4, 0.5) is 0 Å². The molecule has 0 bridgehead atoms. The minimum atomic E-state index is -0.976. The minimum absolute atomic E-state index is 0.385. The molecule has 0 aliphatic rings. The van der Waals surface area contributed by atoms with Gasteiger partial charge in [-0.1, -0.05) is 23.7 Å². The van der Waals surface area contributed by atoms with E-state index in [2.05, 4.69) is 0 Å². The highest BCUT2D eigenvalue weighted by molar-refractivity contribution is 6.25.